The molecule has 122 valence electrons. The predicted octanol–water partition coefficient (Wildman–Crippen LogP) is 1.30. The van der Waals surface area contributed by atoms with Crippen LogP contribution in [-0.2, 0) is 22.1 Å². The zero-order valence-corrected chi connectivity index (χ0v) is 12.5. The first-order chi connectivity index (χ1) is 10.2. The summed E-state index contributed by atoms with van der Waals surface area (Å²) in [5.41, 5.74) is 4.20. The number of hydrogen-bond donors (Lipinski definition) is 2. The highest BCUT2D eigenvalue weighted by molar-refractivity contribution is 7.90. The minimum absolute atomic E-state index is 0.205. The van der Waals surface area contributed by atoms with Crippen molar-refractivity contribution in [1.29, 1.82) is 0 Å². The van der Waals surface area contributed by atoms with Crippen molar-refractivity contribution in [2.24, 2.45) is 11.7 Å². The third-order valence-electron chi connectivity index (χ3n) is 3.53. The number of alkyl halides is 3. The van der Waals surface area contributed by atoms with Crippen molar-refractivity contribution in [3.63, 3.8) is 0 Å². The summed E-state index contributed by atoms with van der Waals surface area (Å²) in [5, 5.41) is 2.43. The number of nitrogens with two attached hydrogens (primary N) is 1. The van der Waals surface area contributed by atoms with Crippen molar-refractivity contribution in [3.8, 4) is 0 Å². The van der Waals surface area contributed by atoms with Crippen LogP contribution < -0.4 is 11.1 Å². The summed E-state index contributed by atoms with van der Waals surface area (Å²) in [7, 11) is 0. The monoisotopic (exact) mass is 336 g/mol. The second-order valence-electron chi connectivity index (χ2n) is 5.06. The van der Waals surface area contributed by atoms with Gasteiger partial charge in [0, 0.05) is 23.4 Å². The lowest BCUT2D eigenvalue weighted by Crippen LogP contribution is -2.35. The quantitative estimate of drug-likeness (QED) is 0.637. The van der Waals surface area contributed by atoms with E-state index in [0.717, 1.165) is 0 Å². The molecule has 0 radical (unpaired) electrons. The third-order valence-corrected chi connectivity index (χ3v) is 4.24. The highest BCUT2D eigenvalue weighted by Crippen LogP contribution is 2.36. The Kier molecular flexibility index (Phi) is 4.81. The number of nitrogens with one attached hydrogen (secondary N) is 1. The molecular formula is C12H15F3N4O2S. The molecule has 1 aromatic rings. The number of carbonyl (C=O) groups excluding carboxylic acids is 1. The molecule has 1 aliphatic carbocycles. The summed E-state index contributed by atoms with van der Waals surface area (Å²) < 4.78 is 50.4. The summed E-state index contributed by atoms with van der Waals surface area (Å²) >= 11 is -1.62. The molecule has 0 spiro atoms. The second-order valence-corrected chi connectivity index (χ2v) is 6.33. The maximum Gasteiger partial charge on any atom is 0.421 e. The molecule has 1 aromatic heterocycles. The lowest BCUT2D eigenvalue weighted by Gasteiger charge is -2.21. The van der Waals surface area contributed by atoms with E-state index in [0.29, 0.717) is 25.5 Å². The van der Waals surface area contributed by atoms with Gasteiger partial charge in [0.1, 0.15) is 17.6 Å². The highest BCUT2D eigenvalue weighted by Gasteiger charge is 2.38. The van der Waals surface area contributed by atoms with Crippen LogP contribution in [0, 0.1) is 5.92 Å². The van der Waals surface area contributed by atoms with Gasteiger partial charge >= 0.3 is 11.3 Å². The highest BCUT2D eigenvalue weighted by atomic mass is 32.2. The molecule has 1 aliphatic rings. The van der Waals surface area contributed by atoms with Gasteiger partial charge in [0.05, 0.1) is 5.92 Å². The van der Waals surface area contributed by atoms with E-state index < -0.39 is 46.6 Å². The van der Waals surface area contributed by atoms with Crippen LogP contribution in [0.1, 0.15) is 24.8 Å². The Morgan fingerprint density at radius 2 is 2.18 bits per heavy atom. The van der Waals surface area contributed by atoms with Crippen LogP contribution >= 0.6 is 0 Å². The van der Waals surface area contributed by atoms with Gasteiger partial charge in [-0.25, -0.2) is 0 Å². The Morgan fingerprint density at radius 3 is 2.73 bits per heavy atom. The second kappa shape index (κ2) is 6.29. The molecule has 22 heavy (non-hydrogen) atoms. The molecule has 6 nitrogen and oxygen atoms in total. The zero-order valence-electron chi connectivity index (χ0n) is 11.7. The van der Waals surface area contributed by atoms with Crippen molar-refractivity contribution < 1.29 is 22.5 Å². The molecule has 1 amide bonds. The van der Waals surface area contributed by atoms with E-state index in [1.54, 1.807) is 0 Å². The first kappa shape index (κ1) is 16.8. The van der Waals surface area contributed by atoms with Gasteiger partial charge in [-0.15, -0.1) is 0 Å². The summed E-state index contributed by atoms with van der Waals surface area (Å²) in [6.07, 6.45) is -1.07. The third kappa shape index (κ3) is 3.61. The Balaban J connectivity index is 2.35. The lowest BCUT2D eigenvalue weighted by molar-refractivity contribution is -0.137. The van der Waals surface area contributed by atoms with E-state index in [4.69, 9.17) is 5.73 Å². The number of halogens is 3. The van der Waals surface area contributed by atoms with Gasteiger partial charge in [0.15, 0.2) is 0 Å². The number of nitrogens with zero attached hydrogens (tertiary/aromatic N) is 2. The normalized spacial score (nSPS) is 23.3. The molecule has 2 rings (SSSR count). The number of aromatic nitrogens is 2. The fourth-order valence-electron chi connectivity index (χ4n) is 2.47. The predicted molar refractivity (Wildman–Crippen MR) is 73.3 cm³/mol. The van der Waals surface area contributed by atoms with Crippen molar-refractivity contribution in [2.75, 3.05) is 11.6 Å². The average Bonchev–Trinajstić information content (AvgIpc) is 2.85. The van der Waals surface area contributed by atoms with Gasteiger partial charge in [0.25, 0.3) is 0 Å². The van der Waals surface area contributed by atoms with E-state index >= 15 is 0 Å². The fourth-order valence-corrected chi connectivity index (χ4v) is 2.89. The maximum atomic E-state index is 13.0. The molecule has 1 fully saturated rings. The Morgan fingerprint density at radius 1 is 1.50 bits per heavy atom. The molecule has 0 aliphatic heterocycles. The van der Waals surface area contributed by atoms with Gasteiger partial charge in [-0.3, -0.25) is 4.79 Å². The van der Waals surface area contributed by atoms with Gasteiger partial charge < -0.3 is 15.6 Å². The number of amides is 1. The average molecular weight is 336 g/mol. The molecule has 0 bridgehead atoms. The first-order valence-corrected chi connectivity index (χ1v) is 8.09. The van der Waals surface area contributed by atoms with E-state index in [9.17, 15) is 22.5 Å². The van der Waals surface area contributed by atoms with Gasteiger partial charge in [0.2, 0.25) is 5.91 Å². The topological polar surface area (TPSA) is 104 Å². The van der Waals surface area contributed by atoms with E-state index in [1.807, 2.05) is 0 Å². The van der Waals surface area contributed by atoms with Crippen LogP contribution in [0.15, 0.2) is 11.4 Å². The summed E-state index contributed by atoms with van der Waals surface area (Å²) in [4.78, 5) is 18.5. The number of carbonyl (C=O) groups is 1. The number of anilines is 1. The molecule has 1 heterocycles. The van der Waals surface area contributed by atoms with E-state index in [2.05, 4.69) is 15.3 Å². The van der Waals surface area contributed by atoms with Crippen molar-refractivity contribution in [1.82, 2.24) is 9.97 Å². The number of primary amides is 1. The van der Waals surface area contributed by atoms with Crippen molar-refractivity contribution >= 4 is 22.9 Å². The fraction of sp³-hybridized carbons (Fsp3) is 0.583. The lowest BCUT2D eigenvalue weighted by atomic mass is 10.0. The summed E-state index contributed by atoms with van der Waals surface area (Å²) in [6.45, 7) is 0. The van der Waals surface area contributed by atoms with Crippen LogP contribution in [0.3, 0.4) is 0 Å². The van der Waals surface area contributed by atoms with Gasteiger partial charge in [-0.2, -0.15) is 23.1 Å². The number of hydrogen-bond acceptors (Lipinski definition) is 5. The molecule has 0 saturated heterocycles. The van der Waals surface area contributed by atoms with Crippen molar-refractivity contribution in [2.45, 2.75) is 36.6 Å². The summed E-state index contributed by atoms with van der Waals surface area (Å²) in [5.74, 6) is -1.57. The number of rotatable bonds is 4. The Labute approximate surface area is 127 Å². The zero-order chi connectivity index (χ0) is 16.5. The van der Waals surface area contributed by atoms with Crippen molar-refractivity contribution in [3.05, 3.63) is 11.8 Å². The molecule has 1 saturated carbocycles. The molecular weight excluding hydrogens is 321 g/mol. The molecule has 3 N–H and O–H groups in total. The van der Waals surface area contributed by atoms with Gasteiger partial charge in [-0.1, -0.05) is 6.42 Å². The Hall–Kier alpha value is -1.55. The molecule has 3 unspecified atom stereocenters. The standard InChI is InChI=1S/C12H15F3N4O2S/c1-22(21)11-17-5-7(12(13,14)15)10(19-11)18-8-4-2-3-6(8)9(16)20/h5-6,8H,2-4H2,1H3,(H2,16,20)(H,17,18,19). The van der Waals surface area contributed by atoms with Crippen LogP contribution in [0.5, 0.6) is 0 Å². The minimum atomic E-state index is -4.66. The minimum Gasteiger partial charge on any atom is -0.609 e. The maximum absolute atomic E-state index is 13.0. The smallest absolute Gasteiger partial charge is 0.421 e. The Bertz CT molecular complexity index is 568. The largest absolute Gasteiger partial charge is 0.609 e. The molecule has 10 heteroatoms. The van der Waals surface area contributed by atoms with Gasteiger partial charge in [-0.05, 0) is 12.8 Å². The van der Waals surface area contributed by atoms with Crippen LogP contribution in [0.2, 0.25) is 0 Å². The molecule has 0 aromatic carbocycles. The summed E-state index contributed by atoms with van der Waals surface area (Å²) in [6, 6.07) is -0.522. The van der Waals surface area contributed by atoms with Crippen LogP contribution in [0.4, 0.5) is 19.0 Å². The van der Waals surface area contributed by atoms with E-state index in [1.165, 1.54) is 6.26 Å². The SMILES string of the molecule is C[S+]([O-])c1ncc(C(F)(F)F)c(NC2CCCC2C(N)=O)n1. The van der Waals surface area contributed by atoms with Crippen LogP contribution in [0.25, 0.3) is 0 Å². The first-order valence-electron chi connectivity index (χ1n) is 6.53. The van der Waals surface area contributed by atoms with E-state index in [-0.39, 0.29) is 5.16 Å². The van der Waals surface area contributed by atoms with Crippen LogP contribution in [-0.4, -0.2) is 32.7 Å². The molecule has 3 atom stereocenters.